The van der Waals surface area contributed by atoms with Crippen LogP contribution in [0, 0.1) is 13.8 Å². The molecule has 4 rings (SSSR count). The van der Waals surface area contributed by atoms with Gasteiger partial charge >= 0.3 is 0 Å². The van der Waals surface area contributed by atoms with Crippen LogP contribution in [0.4, 0.5) is 0 Å². The van der Waals surface area contributed by atoms with Gasteiger partial charge in [-0.25, -0.2) is 4.98 Å². The van der Waals surface area contributed by atoms with Gasteiger partial charge in [0.15, 0.2) is 0 Å². The number of hydrogen-bond acceptors (Lipinski definition) is 2. The molecule has 3 aromatic heterocycles. The summed E-state index contributed by atoms with van der Waals surface area (Å²) in [5.74, 6) is 0. The molecular formula is C16H12ClN3. The fourth-order valence-electron chi connectivity index (χ4n) is 3.04. The molecule has 0 aliphatic carbocycles. The maximum Gasteiger partial charge on any atom is 0.114 e. The van der Waals surface area contributed by atoms with Gasteiger partial charge in [-0.15, -0.1) is 0 Å². The smallest absolute Gasteiger partial charge is 0.114 e. The van der Waals surface area contributed by atoms with Gasteiger partial charge in [0.2, 0.25) is 0 Å². The molecule has 0 amide bonds. The van der Waals surface area contributed by atoms with E-state index in [1.165, 1.54) is 0 Å². The standard InChI is InChI=1S/C16H12ClN3/c1-8-10-3-6-19-16(17)14(10)9(2)13-11-7-18-5-4-12(11)20-15(8)13/h3-7,19H,1-2H3. The number of aryl methyl sites for hydroxylation is 2. The van der Waals surface area contributed by atoms with Gasteiger partial charge in [0.25, 0.3) is 0 Å². The highest BCUT2D eigenvalue weighted by atomic mass is 35.5. The molecule has 4 aromatic rings. The summed E-state index contributed by atoms with van der Waals surface area (Å²) in [4.78, 5) is 12.1. The van der Waals surface area contributed by atoms with E-state index in [4.69, 9.17) is 16.6 Å². The number of fused-ring (bicyclic) bond motifs is 4. The first-order chi connectivity index (χ1) is 9.68. The number of benzene rings is 1. The van der Waals surface area contributed by atoms with Crippen LogP contribution in [-0.4, -0.2) is 15.0 Å². The van der Waals surface area contributed by atoms with Crippen molar-refractivity contribution in [1.29, 1.82) is 0 Å². The summed E-state index contributed by atoms with van der Waals surface area (Å²) in [5.41, 5.74) is 4.34. The van der Waals surface area contributed by atoms with E-state index in [1.807, 2.05) is 18.5 Å². The molecule has 0 unspecified atom stereocenters. The number of aromatic amines is 1. The van der Waals surface area contributed by atoms with Crippen LogP contribution < -0.4 is 0 Å². The van der Waals surface area contributed by atoms with E-state index in [1.54, 1.807) is 6.20 Å². The van der Waals surface area contributed by atoms with E-state index in [-0.39, 0.29) is 0 Å². The van der Waals surface area contributed by atoms with Crippen molar-refractivity contribution in [3.8, 4) is 0 Å². The molecule has 0 atom stereocenters. The maximum absolute atomic E-state index is 6.36. The monoisotopic (exact) mass is 281 g/mol. The minimum absolute atomic E-state index is 0.670. The first-order valence-corrected chi connectivity index (χ1v) is 6.85. The van der Waals surface area contributed by atoms with Gasteiger partial charge in [-0.05, 0) is 42.5 Å². The molecule has 3 nitrogen and oxygen atoms in total. The van der Waals surface area contributed by atoms with Gasteiger partial charge in [0, 0.05) is 34.7 Å². The Hall–Kier alpha value is -2.13. The van der Waals surface area contributed by atoms with Crippen molar-refractivity contribution in [3.63, 3.8) is 0 Å². The summed E-state index contributed by atoms with van der Waals surface area (Å²) in [5, 5.41) is 5.12. The number of rotatable bonds is 0. The zero-order chi connectivity index (χ0) is 13.9. The van der Waals surface area contributed by atoms with Crippen molar-refractivity contribution >= 4 is 44.2 Å². The van der Waals surface area contributed by atoms with Gasteiger partial charge in [-0.2, -0.15) is 0 Å². The Kier molecular flexibility index (Phi) is 2.30. The fraction of sp³-hybridized carbons (Fsp3) is 0.125. The lowest BCUT2D eigenvalue weighted by Crippen LogP contribution is -1.89. The maximum atomic E-state index is 6.36. The molecule has 1 aromatic carbocycles. The first-order valence-electron chi connectivity index (χ1n) is 6.47. The lowest BCUT2D eigenvalue weighted by Gasteiger charge is -2.10. The van der Waals surface area contributed by atoms with Crippen molar-refractivity contribution < 1.29 is 0 Å². The summed E-state index contributed by atoms with van der Waals surface area (Å²) >= 11 is 6.36. The van der Waals surface area contributed by atoms with Gasteiger partial charge in [0.05, 0.1) is 11.0 Å². The first kappa shape index (κ1) is 11.7. The highest BCUT2D eigenvalue weighted by Crippen LogP contribution is 2.37. The third-order valence-electron chi connectivity index (χ3n) is 3.99. The van der Waals surface area contributed by atoms with Crippen LogP contribution in [0.25, 0.3) is 32.6 Å². The SMILES string of the molecule is Cc1c2cc[nH]c(Cl)c2c(C)c2c1nc1ccncc12. The Morgan fingerprint density at radius 3 is 2.75 bits per heavy atom. The van der Waals surface area contributed by atoms with Crippen LogP contribution >= 0.6 is 11.6 Å². The van der Waals surface area contributed by atoms with E-state index in [0.717, 1.165) is 43.7 Å². The van der Waals surface area contributed by atoms with Crippen molar-refractivity contribution in [1.82, 2.24) is 15.0 Å². The summed E-state index contributed by atoms with van der Waals surface area (Å²) in [6, 6.07) is 4.01. The van der Waals surface area contributed by atoms with E-state index in [9.17, 15) is 0 Å². The van der Waals surface area contributed by atoms with E-state index >= 15 is 0 Å². The Morgan fingerprint density at radius 2 is 1.90 bits per heavy atom. The predicted octanol–water partition coefficient (Wildman–Crippen LogP) is 4.53. The second-order valence-electron chi connectivity index (χ2n) is 5.06. The van der Waals surface area contributed by atoms with Crippen molar-refractivity contribution in [3.05, 3.63) is 47.0 Å². The number of pyridine rings is 2. The summed E-state index contributed by atoms with van der Waals surface area (Å²) in [7, 11) is 0. The highest BCUT2D eigenvalue weighted by molar-refractivity contribution is 6.35. The molecular weight excluding hydrogens is 270 g/mol. The average molecular weight is 282 g/mol. The number of H-pyrrole nitrogens is 1. The second kappa shape index (κ2) is 3.93. The summed E-state index contributed by atoms with van der Waals surface area (Å²) < 4.78 is 0. The quantitative estimate of drug-likeness (QED) is 0.481. The number of aromatic nitrogens is 3. The molecule has 0 bridgehead atoms. The molecule has 20 heavy (non-hydrogen) atoms. The molecule has 0 aliphatic heterocycles. The zero-order valence-electron chi connectivity index (χ0n) is 11.2. The molecule has 3 heterocycles. The molecule has 4 heteroatoms. The van der Waals surface area contributed by atoms with Gasteiger partial charge in [-0.1, -0.05) is 11.6 Å². The average Bonchev–Trinajstić information content (AvgIpc) is 2.84. The van der Waals surface area contributed by atoms with Gasteiger partial charge < -0.3 is 4.98 Å². The minimum atomic E-state index is 0.670. The summed E-state index contributed by atoms with van der Waals surface area (Å²) in [6.07, 6.45) is 5.52. The van der Waals surface area contributed by atoms with E-state index in [0.29, 0.717) is 5.15 Å². The van der Waals surface area contributed by atoms with E-state index in [2.05, 4.69) is 29.9 Å². The molecule has 0 fully saturated rings. The molecule has 0 spiro atoms. The Labute approximate surface area is 120 Å². The molecule has 0 saturated carbocycles. The number of hydrogen-bond donors (Lipinski definition) is 1. The third kappa shape index (κ3) is 1.36. The molecule has 0 radical (unpaired) electrons. The third-order valence-corrected chi connectivity index (χ3v) is 4.29. The lowest BCUT2D eigenvalue weighted by molar-refractivity contribution is 1.35. The summed E-state index contributed by atoms with van der Waals surface area (Å²) in [6.45, 7) is 4.19. The minimum Gasteiger partial charge on any atom is -0.352 e. The largest absolute Gasteiger partial charge is 0.352 e. The topological polar surface area (TPSA) is 41.6 Å². The number of nitrogens with zero attached hydrogens (tertiary/aromatic N) is 2. The van der Waals surface area contributed by atoms with Crippen molar-refractivity contribution in [2.24, 2.45) is 0 Å². The molecule has 0 aliphatic rings. The Balaban J connectivity index is 2.40. The van der Waals surface area contributed by atoms with Crippen LogP contribution in [0.5, 0.6) is 0 Å². The normalized spacial score (nSPS) is 11.8. The van der Waals surface area contributed by atoms with Crippen LogP contribution in [0.3, 0.4) is 0 Å². The van der Waals surface area contributed by atoms with E-state index < -0.39 is 0 Å². The van der Waals surface area contributed by atoms with Crippen LogP contribution in [0.1, 0.15) is 11.1 Å². The molecule has 98 valence electrons. The Bertz CT molecular complexity index is 985. The van der Waals surface area contributed by atoms with Gasteiger partial charge in [-0.3, -0.25) is 4.98 Å². The lowest BCUT2D eigenvalue weighted by atomic mass is 9.97. The van der Waals surface area contributed by atoms with Crippen LogP contribution in [0.2, 0.25) is 5.15 Å². The Morgan fingerprint density at radius 1 is 1.05 bits per heavy atom. The fourth-order valence-corrected chi connectivity index (χ4v) is 3.34. The van der Waals surface area contributed by atoms with Crippen LogP contribution in [0.15, 0.2) is 30.7 Å². The highest BCUT2D eigenvalue weighted by Gasteiger charge is 2.16. The number of halogens is 1. The van der Waals surface area contributed by atoms with Crippen LogP contribution in [-0.2, 0) is 0 Å². The van der Waals surface area contributed by atoms with Gasteiger partial charge in [0.1, 0.15) is 5.15 Å². The predicted molar refractivity (Wildman–Crippen MR) is 83.4 cm³/mol. The molecule has 1 N–H and O–H groups in total. The second-order valence-corrected chi connectivity index (χ2v) is 5.44. The number of nitrogens with one attached hydrogen (secondary N) is 1. The van der Waals surface area contributed by atoms with Crippen molar-refractivity contribution in [2.45, 2.75) is 13.8 Å². The zero-order valence-corrected chi connectivity index (χ0v) is 11.9. The van der Waals surface area contributed by atoms with Crippen molar-refractivity contribution in [2.75, 3.05) is 0 Å². The molecule has 0 saturated heterocycles.